The highest BCUT2D eigenvalue weighted by molar-refractivity contribution is 6.35. The van der Waals surface area contributed by atoms with Gasteiger partial charge in [-0.15, -0.1) is 0 Å². The molecule has 0 amide bonds. The predicted octanol–water partition coefficient (Wildman–Crippen LogP) is 3.62. The molecule has 18 heavy (non-hydrogen) atoms. The highest BCUT2D eigenvalue weighted by Gasteiger charge is 2.09. The van der Waals surface area contributed by atoms with Crippen molar-refractivity contribution in [3.05, 3.63) is 40.3 Å². The van der Waals surface area contributed by atoms with E-state index in [0.29, 0.717) is 17.0 Å². The van der Waals surface area contributed by atoms with Crippen LogP contribution in [0, 0.1) is 12.7 Å². The molecular weight excluding hydrogens is 251 g/mol. The zero-order valence-corrected chi connectivity index (χ0v) is 11.1. The molecule has 0 fully saturated rings. The predicted molar refractivity (Wildman–Crippen MR) is 73.4 cm³/mol. The molecule has 1 aromatic carbocycles. The van der Waals surface area contributed by atoms with Crippen molar-refractivity contribution in [2.75, 3.05) is 6.54 Å². The highest BCUT2D eigenvalue weighted by Crippen LogP contribution is 2.27. The molecule has 0 atom stereocenters. The molecule has 0 radical (unpaired) electrons. The number of rotatable bonds is 4. The number of hydrogen-bond donors (Lipinski definition) is 1. The number of hydrogen-bond acceptors (Lipinski definition) is 2. The Morgan fingerprint density at radius 3 is 2.78 bits per heavy atom. The van der Waals surface area contributed by atoms with Crippen LogP contribution in [-0.2, 0) is 6.42 Å². The Kier molecular flexibility index (Phi) is 4.15. The lowest BCUT2D eigenvalue weighted by Crippen LogP contribution is -2.00. The maximum atomic E-state index is 13.6. The van der Waals surface area contributed by atoms with E-state index in [1.807, 2.05) is 6.92 Å². The fourth-order valence-electron chi connectivity index (χ4n) is 2.09. The summed E-state index contributed by atoms with van der Waals surface area (Å²) in [6.07, 6.45) is 2.64. The average Bonchev–Trinajstić information content (AvgIpc) is 2.31. The van der Waals surface area contributed by atoms with Crippen LogP contribution in [0.25, 0.3) is 10.9 Å². The van der Waals surface area contributed by atoms with Crippen molar-refractivity contribution in [3.8, 4) is 0 Å². The molecule has 0 saturated heterocycles. The van der Waals surface area contributed by atoms with Gasteiger partial charge in [-0.25, -0.2) is 4.39 Å². The van der Waals surface area contributed by atoms with Gasteiger partial charge in [-0.2, -0.15) is 0 Å². The lowest BCUT2D eigenvalue weighted by atomic mass is 10.0. The summed E-state index contributed by atoms with van der Waals surface area (Å²) in [7, 11) is 0. The molecule has 4 heteroatoms. The van der Waals surface area contributed by atoms with Crippen molar-refractivity contribution in [2.45, 2.75) is 26.2 Å². The van der Waals surface area contributed by atoms with Crippen molar-refractivity contribution in [2.24, 2.45) is 5.73 Å². The molecular formula is C14H16ClFN2. The first-order valence-electron chi connectivity index (χ1n) is 6.07. The Balaban J connectivity index is 2.50. The molecule has 0 aliphatic heterocycles. The molecule has 2 aromatic rings. The molecule has 1 aromatic heterocycles. The number of nitrogens with two attached hydrogens (primary N) is 1. The van der Waals surface area contributed by atoms with Crippen LogP contribution in [-0.4, -0.2) is 11.5 Å². The summed E-state index contributed by atoms with van der Waals surface area (Å²) in [6, 6.07) is 4.74. The van der Waals surface area contributed by atoms with Gasteiger partial charge in [-0.3, -0.25) is 4.98 Å². The molecule has 0 saturated carbocycles. The lowest BCUT2D eigenvalue weighted by Gasteiger charge is -2.08. The number of nitrogens with zero attached hydrogens (tertiary/aromatic N) is 1. The van der Waals surface area contributed by atoms with Crippen LogP contribution in [0.4, 0.5) is 4.39 Å². The Morgan fingerprint density at radius 2 is 2.06 bits per heavy atom. The third-order valence-corrected chi connectivity index (χ3v) is 3.25. The number of halogens is 2. The van der Waals surface area contributed by atoms with Crippen LogP contribution >= 0.6 is 11.6 Å². The second-order valence-electron chi connectivity index (χ2n) is 4.45. The van der Waals surface area contributed by atoms with Gasteiger partial charge in [-0.1, -0.05) is 11.6 Å². The van der Waals surface area contributed by atoms with Crippen molar-refractivity contribution >= 4 is 22.5 Å². The second-order valence-corrected chi connectivity index (χ2v) is 4.86. The van der Waals surface area contributed by atoms with Gasteiger partial charge >= 0.3 is 0 Å². The smallest absolute Gasteiger partial charge is 0.124 e. The summed E-state index contributed by atoms with van der Waals surface area (Å²) in [5.41, 5.74) is 8.03. The SMILES string of the molecule is Cc1cc(Cl)c2cc(F)cc(CCCCN)c2n1. The minimum atomic E-state index is -0.266. The van der Waals surface area contributed by atoms with E-state index in [-0.39, 0.29) is 5.82 Å². The fourth-order valence-corrected chi connectivity index (χ4v) is 2.39. The molecule has 1 heterocycles. The third kappa shape index (κ3) is 2.79. The van der Waals surface area contributed by atoms with E-state index in [2.05, 4.69) is 4.98 Å². The normalized spacial score (nSPS) is 11.1. The van der Waals surface area contributed by atoms with Gasteiger partial charge in [-0.05, 0) is 56.5 Å². The van der Waals surface area contributed by atoms with E-state index in [1.54, 1.807) is 12.1 Å². The third-order valence-electron chi connectivity index (χ3n) is 2.93. The van der Waals surface area contributed by atoms with Crippen molar-refractivity contribution < 1.29 is 4.39 Å². The van der Waals surface area contributed by atoms with Crippen LogP contribution in [0.5, 0.6) is 0 Å². The fraction of sp³-hybridized carbons (Fsp3) is 0.357. The van der Waals surface area contributed by atoms with Gasteiger partial charge < -0.3 is 5.73 Å². The van der Waals surface area contributed by atoms with Gasteiger partial charge in [0.2, 0.25) is 0 Å². The van der Waals surface area contributed by atoms with Crippen LogP contribution < -0.4 is 5.73 Å². The molecule has 2 N–H and O–H groups in total. The molecule has 0 aliphatic rings. The van der Waals surface area contributed by atoms with E-state index >= 15 is 0 Å². The largest absolute Gasteiger partial charge is 0.330 e. The number of benzene rings is 1. The van der Waals surface area contributed by atoms with Gasteiger partial charge in [0.15, 0.2) is 0 Å². The van der Waals surface area contributed by atoms with E-state index in [9.17, 15) is 4.39 Å². The van der Waals surface area contributed by atoms with E-state index in [1.165, 1.54) is 6.07 Å². The first kappa shape index (κ1) is 13.2. The summed E-state index contributed by atoms with van der Waals surface area (Å²) in [5, 5.41) is 1.24. The second kappa shape index (κ2) is 5.63. The topological polar surface area (TPSA) is 38.9 Å². The van der Waals surface area contributed by atoms with Crippen LogP contribution in [0.15, 0.2) is 18.2 Å². The van der Waals surface area contributed by atoms with Gasteiger partial charge in [0.1, 0.15) is 5.82 Å². The monoisotopic (exact) mass is 266 g/mol. The average molecular weight is 267 g/mol. The number of aryl methyl sites for hydroxylation is 2. The van der Waals surface area contributed by atoms with Gasteiger partial charge in [0.25, 0.3) is 0 Å². The Bertz CT molecular complexity index is 569. The maximum Gasteiger partial charge on any atom is 0.124 e. The molecule has 2 rings (SSSR count). The van der Waals surface area contributed by atoms with E-state index in [0.717, 1.165) is 36.0 Å². The molecule has 0 bridgehead atoms. The minimum absolute atomic E-state index is 0.266. The summed E-state index contributed by atoms with van der Waals surface area (Å²) < 4.78 is 13.6. The van der Waals surface area contributed by atoms with Gasteiger partial charge in [0, 0.05) is 11.1 Å². The highest BCUT2D eigenvalue weighted by atomic mass is 35.5. The summed E-state index contributed by atoms with van der Waals surface area (Å²) in [4.78, 5) is 4.47. The Hall–Kier alpha value is -1.19. The molecule has 0 unspecified atom stereocenters. The zero-order valence-electron chi connectivity index (χ0n) is 10.3. The first-order valence-corrected chi connectivity index (χ1v) is 6.45. The zero-order chi connectivity index (χ0) is 13.1. The van der Waals surface area contributed by atoms with E-state index < -0.39 is 0 Å². The van der Waals surface area contributed by atoms with Crippen LogP contribution in [0.3, 0.4) is 0 Å². The minimum Gasteiger partial charge on any atom is -0.330 e. The van der Waals surface area contributed by atoms with Crippen LogP contribution in [0.2, 0.25) is 5.02 Å². The Morgan fingerprint density at radius 1 is 1.28 bits per heavy atom. The van der Waals surface area contributed by atoms with Crippen molar-refractivity contribution in [1.82, 2.24) is 4.98 Å². The summed E-state index contributed by atoms with van der Waals surface area (Å²) in [5.74, 6) is -0.266. The quantitative estimate of drug-likeness (QED) is 0.859. The number of pyridine rings is 1. The lowest BCUT2D eigenvalue weighted by molar-refractivity contribution is 0.626. The number of aromatic nitrogens is 1. The standard InChI is InChI=1S/C14H16ClFN2/c1-9-6-13(15)12-8-11(16)7-10(14(12)18-9)4-2-3-5-17/h6-8H,2-5,17H2,1H3. The summed E-state index contributed by atoms with van der Waals surface area (Å²) in [6.45, 7) is 2.54. The molecule has 0 spiro atoms. The van der Waals surface area contributed by atoms with E-state index in [4.69, 9.17) is 17.3 Å². The Labute approximate surface area is 111 Å². The molecule has 0 aliphatic carbocycles. The van der Waals surface area contributed by atoms with Crippen molar-refractivity contribution in [1.29, 1.82) is 0 Å². The van der Waals surface area contributed by atoms with Crippen molar-refractivity contribution in [3.63, 3.8) is 0 Å². The molecule has 96 valence electrons. The van der Waals surface area contributed by atoms with Gasteiger partial charge in [0.05, 0.1) is 10.5 Å². The molecule has 2 nitrogen and oxygen atoms in total. The first-order chi connectivity index (χ1) is 8.61. The van der Waals surface area contributed by atoms with Crippen LogP contribution in [0.1, 0.15) is 24.1 Å². The number of fused-ring (bicyclic) bond motifs is 1. The maximum absolute atomic E-state index is 13.6. The summed E-state index contributed by atoms with van der Waals surface area (Å²) >= 11 is 6.14. The number of unbranched alkanes of at least 4 members (excludes halogenated alkanes) is 1.